The van der Waals surface area contributed by atoms with Gasteiger partial charge in [-0.2, -0.15) is 0 Å². The van der Waals surface area contributed by atoms with Crippen molar-refractivity contribution in [3.05, 3.63) is 71.7 Å². The minimum atomic E-state index is -0.467. The molecule has 1 unspecified atom stereocenters. The van der Waals surface area contributed by atoms with Gasteiger partial charge in [-0.25, -0.2) is 9.37 Å². The molecular weight excluding hydrogens is 780 g/mol. The first-order chi connectivity index (χ1) is 30.0. The monoisotopic (exact) mass is 869 g/mol. The molecule has 0 bridgehead atoms. The highest BCUT2D eigenvalue weighted by atomic mass is 19.1. The number of nitrogens with one attached hydrogen (secondary N) is 1. The van der Waals surface area contributed by atoms with Crippen LogP contribution < -0.4 is 10.2 Å². The van der Waals surface area contributed by atoms with Gasteiger partial charge in [0.15, 0.2) is 0 Å². The number of aliphatic imine (C=N–C) groups is 1. The number of allylic oxidation sites excluding steroid dienone is 4. The number of ketones is 1. The predicted molar refractivity (Wildman–Crippen MR) is 272 cm³/mol. The van der Waals surface area contributed by atoms with E-state index in [2.05, 4.69) is 90.4 Å². The van der Waals surface area contributed by atoms with Crippen molar-refractivity contribution in [3.63, 3.8) is 0 Å². The average Bonchev–Trinajstić information content (AvgIpc) is 4.00. The van der Waals surface area contributed by atoms with Crippen LogP contribution in [0.5, 0.6) is 0 Å². The maximum Gasteiger partial charge on any atom is 0.237 e. The predicted octanol–water partition coefficient (Wildman–Crippen LogP) is 16.9. The van der Waals surface area contributed by atoms with Gasteiger partial charge in [0.25, 0.3) is 0 Å². The van der Waals surface area contributed by atoms with Crippen molar-refractivity contribution in [2.24, 2.45) is 28.2 Å². The summed E-state index contributed by atoms with van der Waals surface area (Å²) < 4.78 is 14.7. The highest BCUT2D eigenvalue weighted by Gasteiger charge is 2.53. The summed E-state index contributed by atoms with van der Waals surface area (Å²) in [5.74, 6) is 2.44. The molecule has 1 atom stereocenters. The van der Waals surface area contributed by atoms with Gasteiger partial charge >= 0.3 is 0 Å². The number of anilines is 2. The smallest absolute Gasteiger partial charge is 0.237 e. The third kappa shape index (κ3) is 15.7. The Morgan fingerprint density at radius 2 is 1.62 bits per heavy atom. The van der Waals surface area contributed by atoms with E-state index < -0.39 is 11.2 Å². The number of rotatable bonds is 20. The summed E-state index contributed by atoms with van der Waals surface area (Å²) in [6, 6.07) is 8.66. The summed E-state index contributed by atoms with van der Waals surface area (Å²) >= 11 is 0. The van der Waals surface area contributed by atoms with Crippen LogP contribution in [-0.4, -0.2) is 28.9 Å². The third-order valence-corrected chi connectivity index (χ3v) is 13.1. The van der Waals surface area contributed by atoms with E-state index in [9.17, 15) is 14.0 Å². The van der Waals surface area contributed by atoms with Crippen LogP contribution in [0.1, 0.15) is 204 Å². The standard InChI is InChI=1S/C37H49FN4O.C9H18.C6H12O.C4H10/c1-8-14-26-21-28(22-26)42-34-23-27(16-17-29(34)37(18-10-3,19-11-4)36(42)43)33-24-32(39-20-12-5)25(7)35(41-33)40-31(15-9-2)30(38)13-6;1-3-5-6-9(4-2)7-8-9;1-4-5(2)6(3)7;1-4(2)3/h9,13,15-17,20,23-24,26,28H,6,8,10-12,14,18-19,21-22H2,1-5,7H3,(H,40,41);3-8H2,1-2H3;5H,4H2,1-3H3;4H,1-3H3/b15-9-,31-30-,39-20?;;;. The molecule has 3 aliphatic rings. The number of halogens is 1. The second kappa shape index (κ2) is 27.5. The fourth-order valence-electron chi connectivity index (χ4n) is 8.70. The van der Waals surface area contributed by atoms with E-state index in [0.29, 0.717) is 17.5 Å². The topological polar surface area (TPSA) is 74.7 Å². The van der Waals surface area contributed by atoms with E-state index in [0.717, 1.165) is 96.5 Å². The van der Waals surface area contributed by atoms with Crippen LogP contribution in [0, 0.1) is 30.1 Å². The van der Waals surface area contributed by atoms with Crippen molar-refractivity contribution in [3.8, 4) is 11.3 Å². The number of fused-ring (bicyclic) bond motifs is 1. The number of benzene rings is 1. The molecule has 2 fully saturated rings. The van der Waals surface area contributed by atoms with Crippen LogP contribution >= 0.6 is 0 Å². The largest absolute Gasteiger partial charge is 0.338 e. The number of carbonyl (C=O) groups excluding carboxylic acids is 2. The molecule has 1 N–H and O–H groups in total. The Morgan fingerprint density at radius 1 is 0.984 bits per heavy atom. The molecule has 1 amide bonds. The maximum absolute atomic E-state index is 14.7. The number of amides is 1. The lowest BCUT2D eigenvalue weighted by Gasteiger charge is -2.42. The number of carbonyl (C=O) groups is 2. The van der Waals surface area contributed by atoms with Crippen molar-refractivity contribution in [1.29, 1.82) is 0 Å². The molecule has 1 aromatic carbocycles. The van der Waals surface area contributed by atoms with Gasteiger partial charge < -0.3 is 10.2 Å². The van der Waals surface area contributed by atoms with Crippen LogP contribution in [0.25, 0.3) is 11.3 Å². The average molecular weight is 869 g/mol. The molecule has 352 valence electrons. The SMILES string of the molecule is C=C/C(F)=C(\C=C/C)Nc1nc(-c2ccc3c(c2)N(C2CC(CCC)C2)C(=O)C3(CCC)CCC)cc(N=CCC)c1C.CC(C)C.CCC(C)C(C)=O.CCCCC1(CC)CC1. The van der Waals surface area contributed by atoms with Gasteiger partial charge in [0, 0.05) is 35.0 Å². The summed E-state index contributed by atoms with van der Waals surface area (Å²) in [6.45, 7) is 32.7. The first kappa shape index (κ1) is 55.3. The number of unbranched alkanes of at least 4 members (excludes halogenated alkanes) is 1. The molecule has 0 saturated heterocycles. The minimum Gasteiger partial charge on any atom is -0.338 e. The molecule has 1 aromatic heterocycles. The van der Waals surface area contributed by atoms with E-state index in [1.165, 1.54) is 57.4 Å². The Kier molecular flexibility index (Phi) is 24.1. The van der Waals surface area contributed by atoms with Crippen LogP contribution in [0.4, 0.5) is 21.6 Å². The van der Waals surface area contributed by atoms with Gasteiger partial charge in [-0.05, 0) is 126 Å². The van der Waals surface area contributed by atoms with Crippen LogP contribution in [0.3, 0.4) is 0 Å². The van der Waals surface area contributed by atoms with Crippen LogP contribution in [-0.2, 0) is 15.0 Å². The molecule has 7 heteroatoms. The summed E-state index contributed by atoms with van der Waals surface area (Å²) in [4.78, 5) is 36.6. The van der Waals surface area contributed by atoms with Gasteiger partial charge in [-0.1, -0.05) is 146 Å². The van der Waals surface area contributed by atoms with Gasteiger partial charge in [-0.3, -0.25) is 14.6 Å². The van der Waals surface area contributed by atoms with Crippen LogP contribution in [0.2, 0.25) is 0 Å². The van der Waals surface area contributed by atoms with Crippen molar-refractivity contribution >= 4 is 35.1 Å². The fraction of sp³-hybridized carbons (Fsp3) is 0.643. The Hall–Kier alpha value is -3.87. The number of pyridine rings is 1. The minimum absolute atomic E-state index is 0.247. The molecule has 63 heavy (non-hydrogen) atoms. The molecular formula is C56H89FN4O2. The lowest BCUT2D eigenvalue weighted by atomic mass is 9.73. The van der Waals surface area contributed by atoms with Crippen molar-refractivity contribution in [2.75, 3.05) is 10.2 Å². The third-order valence-electron chi connectivity index (χ3n) is 13.1. The van der Waals surface area contributed by atoms with E-state index in [4.69, 9.17) is 9.98 Å². The second-order valence-corrected chi connectivity index (χ2v) is 19.2. The second-order valence-electron chi connectivity index (χ2n) is 19.2. The molecule has 2 saturated carbocycles. The molecule has 0 radical (unpaired) electrons. The van der Waals surface area contributed by atoms with E-state index in [1.807, 2.05) is 46.9 Å². The number of aromatic nitrogens is 1. The number of Topliss-reactive ketones (excluding diaryl/α,β-unsaturated/α-hetero) is 1. The fourth-order valence-corrected chi connectivity index (χ4v) is 8.70. The number of hydrogen-bond donors (Lipinski definition) is 1. The quantitative estimate of drug-likeness (QED) is 0.106. The van der Waals surface area contributed by atoms with E-state index in [1.54, 1.807) is 19.1 Å². The summed E-state index contributed by atoms with van der Waals surface area (Å²) in [7, 11) is 0. The maximum atomic E-state index is 14.7. The van der Waals surface area contributed by atoms with Crippen molar-refractivity contribution in [1.82, 2.24) is 4.98 Å². The zero-order chi connectivity index (χ0) is 47.3. The zero-order valence-corrected chi connectivity index (χ0v) is 42.5. The Labute approximate surface area is 385 Å². The Bertz CT molecular complexity index is 1820. The Balaban J connectivity index is 0.000000560. The number of hydrogen-bond acceptors (Lipinski definition) is 5. The Morgan fingerprint density at radius 3 is 2.08 bits per heavy atom. The number of nitrogens with zero attached hydrogens (tertiary/aromatic N) is 3. The van der Waals surface area contributed by atoms with Gasteiger partial charge in [0.1, 0.15) is 17.4 Å². The lowest BCUT2D eigenvalue weighted by molar-refractivity contribution is -0.125. The summed E-state index contributed by atoms with van der Waals surface area (Å²) in [6.07, 6.45) is 25.2. The molecule has 0 spiro atoms. The van der Waals surface area contributed by atoms with E-state index in [-0.39, 0.29) is 23.6 Å². The molecule has 5 rings (SSSR count). The first-order valence-electron chi connectivity index (χ1n) is 25.0. The normalized spacial score (nSPS) is 18.9. The summed E-state index contributed by atoms with van der Waals surface area (Å²) in [5, 5.41) is 3.19. The van der Waals surface area contributed by atoms with Gasteiger partial charge in [0.05, 0.1) is 22.5 Å². The van der Waals surface area contributed by atoms with Crippen molar-refractivity contribution in [2.45, 2.75) is 211 Å². The molecule has 2 aliphatic carbocycles. The summed E-state index contributed by atoms with van der Waals surface area (Å²) in [5.41, 5.74) is 6.10. The molecule has 6 nitrogen and oxygen atoms in total. The zero-order valence-electron chi connectivity index (χ0n) is 42.5. The van der Waals surface area contributed by atoms with Gasteiger partial charge in [0.2, 0.25) is 5.91 Å². The van der Waals surface area contributed by atoms with E-state index >= 15 is 0 Å². The first-order valence-corrected chi connectivity index (χ1v) is 25.0. The molecule has 2 aromatic rings. The van der Waals surface area contributed by atoms with Crippen molar-refractivity contribution < 1.29 is 14.0 Å². The highest BCUT2D eigenvalue weighted by Crippen LogP contribution is 2.53. The highest BCUT2D eigenvalue weighted by molar-refractivity contribution is 6.09. The molecule has 1 aliphatic heterocycles. The molecule has 2 heterocycles. The van der Waals surface area contributed by atoms with Gasteiger partial charge in [-0.15, -0.1) is 0 Å². The lowest BCUT2D eigenvalue weighted by Crippen LogP contribution is -2.50. The van der Waals surface area contributed by atoms with Crippen LogP contribution in [0.15, 0.2) is 65.6 Å².